The maximum Gasteiger partial charge on any atom is 0.0701 e. The van der Waals surface area contributed by atoms with Gasteiger partial charge in [-0.25, -0.2) is 0 Å². The zero-order valence-corrected chi connectivity index (χ0v) is 14.3. The molecule has 1 aliphatic rings. The van der Waals surface area contributed by atoms with Gasteiger partial charge in [0, 0.05) is 27.1 Å². The smallest absolute Gasteiger partial charge is 0.0701 e. The van der Waals surface area contributed by atoms with Crippen LogP contribution in [0.5, 0.6) is 0 Å². The van der Waals surface area contributed by atoms with E-state index < -0.39 is 0 Å². The van der Waals surface area contributed by atoms with Crippen LogP contribution in [0.25, 0.3) is 0 Å². The highest BCUT2D eigenvalue weighted by Gasteiger charge is 2.19. The van der Waals surface area contributed by atoms with Crippen molar-refractivity contribution in [1.82, 2.24) is 5.32 Å². The van der Waals surface area contributed by atoms with Gasteiger partial charge in [-0.15, -0.1) is 22.7 Å². The van der Waals surface area contributed by atoms with E-state index in [1.165, 1.54) is 39.2 Å². The van der Waals surface area contributed by atoms with Crippen molar-refractivity contribution in [3.63, 3.8) is 0 Å². The van der Waals surface area contributed by atoms with E-state index in [1.807, 2.05) is 22.7 Å². The summed E-state index contributed by atoms with van der Waals surface area (Å²) in [6.07, 6.45) is 6.40. The Morgan fingerprint density at radius 1 is 1.26 bits per heavy atom. The first-order chi connectivity index (χ1) is 9.26. The van der Waals surface area contributed by atoms with Crippen LogP contribution in [0.1, 0.15) is 39.1 Å². The van der Waals surface area contributed by atoms with E-state index in [9.17, 15) is 0 Å². The normalized spacial score (nSPS) is 16.3. The standard InChI is InChI=1S/C15H18BrNS2/c1-17-12(9-11-6-7-15(16)18-11)14-8-10-4-2-3-5-13(10)19-14/h6-8,12,17H,2-5,9H2,1H3. The van der Waals surface area contributed by atoms with E-state index in [0.717, 1.165) is 6.42 Å². The van der Waals surface area contributed by atoms with Crippen molar-refractivity contribution in [3.8, 4) is 0 Å². The SMILES string of the molecule is CNC(Cc1ccc(Br)s1)c1cc2c(s1)CCCC2. The number of hydrogen-bond acceptors (Lipinski definition) is 3. The zero-order valence-electron chi connectivity index (χ0n) is 11.0. The fourth-order valence-corrected chi connectivity index (χ4v) is 5.59. The minimum Gasteiger partial charge on any atom is -0.312 e. The molecule has 0 aliphatic heterocycles. The summed E-state index contributed by atoms with van der Waals surface area (Å²) in [6.45, 7) is 0. The van der Waals surface area contributed by atoms with E-state index in [4.69, 9.17) is 0 Å². The van der Waals surface area contributed by atoms with Crippen molar-refractivity contribution in [3.05, 3.63) is 42.2 Å². The molecule has 0 aromatic carbocycles. The van der Waals surface area contributed by atoms with Gasteiger partial charge in [0.05, 0.1) is 3.79 Å². The van der Waals surface area contributed by atoms with Gasteiger partial charge in [0.2, 0.25) is 0 Å². The molecule has 2 aromatic rings. The molecule has 4 heteroatoms. The van der Waals surface area contributed by atoms with Crippen molar-refractivity contribution in [2.45, 2.75) is 38.1 Å². The topological polar surface area (TPSA) is 12.0 Å². The Morgan fingerprint density at radius 2 is 2.11 bits per heavy atom. The fourth-order valence-electron chi connectivity index (χ4n) is 2.69. The molecular weight excluding hydrogens is 338 g/mol. The van der Waals surface area contributed by atoms with Crippen LogP contribution in [0.2, 0.25) is 0 Å². The van der Waals surface area contributed by atoms with Crippen molar-refractivity contribution in [1.29, 1.82) is 0 Å². The van der Waals surface area contributed by atoms with Crippen LogP contribution in [-0.2, 0) is 19.3 Å². The first-order valence-corrected chi connectivity index (χ1v) is 9.22. The number of halogens is 1. The number of likely N-dealkylation sites (N-methyl/N-ethyl adjacent to an activating group) is 1. The van der Waals surface area contributed by atoms with Gasteiger partial charge >= 0.3 is 0 Å². The van der Waals surface area contributed by atoms with Crippen LogP contribution in [-0.4, -0.2) is 7.05 Å². The second-order valence-corrected chi connectivity index (χ2v) is 8.77. The summed E-state index contributed by atoms with van der Waals surface area (Å²) >= 11 is 7.41. The summed E-state index contributed by atoms with van der Waals surface area (Å²) in [5.74, 6) is 0. The van der Waals surface area contributed by atoms with Crippen molar-refractivity contribution < 1.29 is 0 Å². The van der Waals surface area contributed by atoms with Crippen molar-refractivity contribution in [2.24, 2.45) is 0 Å². The number of rotatable bonds is 4. The molecule has 1 atom stereocenters. The molecule has 19 heavy (non-hydrogen) atoms. The van der Waals surface area contributed by atoms with Gasteiger partial charge in [0.25, 0.3) is 0 Å². The summed E-state index contributed by atoms with van der Waals surface area (Å²) in [6, 6.07) is 7.28. The minimum absolute atomic E-state index is 0.459. The van der Waals surface area contributed by atoms with Gasteiger partial charge in [0.15, 0.2) is 0 Å². The summed E-state index contributed by atoms with van der Waals surface area (Å²) in [5.41, 5.74) is 1.61. The average Bonchev–Trinajstić information content (AvgIpc) is 3.01. The highest BCUT2D eigenvalue weighted by atomic mass is 79.9. The van der Waals surface area contributed by atoms with Gasteiger partial charge < -0.3 is 5.32 Å². The number of fused-ring (bicyclic) bond motifs is 1. The molecule has 0 saturated carbocycles. The monoisotopic (exact) mass is 355 g/mol. The number of thiophene rings is 2. The molecular formula is C15H18BrNS2. The largest absolute Gasteiger partial charge is 0.312 e. The summed E-state index contributed by atoms with van der Waals surface area (Å²) < 4.78 is 1.22. The van der Waals surface area contributed by atoms with Crippen LogP contribution in [0.15, 0.2) is 22.0 Å². The quantitative estimate of drug-likeness (QED) is 0.817. The molecule has 1 N–H and O–H groups in total. The molecule has 0 spiro atoms. The van der Waals surface area contributed by atoms with Gasteiger partial charge in [-0.3, -0.25) is 0 Å². The van der Waals surface area contributed by atoms with Crippen LogP contribution in [0, 0.1) is 0 Å². The molecule has 2 aromatic heterocycles. The van der Waals surface area contributed by atoms with E-state index in [2.05, 4.69) is 46.5 Å². The number of aryl methyl sites for hydroxylation is 2. The Balaban J connectivity index is 1.79. The Bertz CT molecular complexity index is 535. The van der Waals surface area contributed by atoms with Crippen molar-refractivity contribution >= 4 is 38.6 Å². The first-order valence-electron chi connectivity index (χ1n) is 6.79. The molecule has 0 fully saturated rings. The molecule has 1 aliphatic carbocycles. The van der Waals surface area contributed by atoms with Crippen LogP contribution in [0.4, 0.5) is 0 Å². The highest BCUT2D eigenvalue weighted by Crippen LogP contribution is 2.35. The third-order valence-corrected chi connectivity index (χ3v) is 6.74. The first kappa shape index (κ1) is 13.8. The lowest BCUT2D eigenvalue weighted by molar-refractivity contribution is 0.606. The summed E-state index contributed by atoms with van der Waals surface area (Å²) in [4.78, 5) is 4.59. The third-order valence-electron chi connectivity index (χ3n) is 3.74. The van der Waals surface area contributed by atoms with Crippen LogP contribution < -0.4 is 5.32 Å². The molecule has 1 unspecified atom stereocenters. The Kier molecular flexibility index (Phi) is 4.42. The van der Waals surface area contributed by atoms with Gasteiger partial charge in [-0.1, -0.05) is 0 Å². The highest BCUT2D eigenvalue weighted by molar-refractivity contribution is 9.11. The van der Waals surface area contributed by atoms with Crippen LogP contribution >= 0.6 is 38.6 Å². The molecule has 0 bridgehead atoms. The molecule has 0 saturated heterocycles. The third kappa shape index (κ3) is 3.13. The minimum atomic E-state index is 0.459. The van der Waals surface area contributed by atoms with E-state index >= 15 is 0 Å². The van der Waals surface area contributed by atoms with Crippen molar-refractivity contribution in [2.75, 3.05) is 7.05 Å². The van der Waals surface area contributed by atoms with Gasteiger partial charge in [-0.05, 0) is 72.4 Å². The van der Waals surface area contributed by atoms with E-state index in [0.29, 0.717) is 6.04 Å². The lowest BCUT2D eigenvalue weighted by atomic mass is 9.98. The van der Waals surface area contributed by atoms with Gasteiger partial charge in [-0.2, -0.15) is 0 Å². The van der Waals surface area contributed by atoms with Gasteiger partial charge in [0.1, 0.15) is 0 Å². The number of hydrogen-bond donors (Lipinski definition) is 1. The maximum absolute atomic E-state index is 3.55. The van der Waals surface area contributed by atoms with E-state index in [1.54, 1.807) is 10.4 Å². The molecule has 2 heterocycles. The zero-order chi connectivity index (χ0) is 13.2. The molecule has 102 valence electrons. The summed E-state index contributed by atoms with van der Waals surface area (Å²) in [7, 11) is 2.08. The average molecular weight is 356 g/mol. The van der Waals surface area contributed by atoms with Crippen LogP contribution in [0.3, 0.4) is 0 Å². The second-order valence-electron chi connectivity index (χ2n) is 5.06. The Morgan fingerprint density at radius 3 is 2.79 bits per heavy atom. The molecule has 3 rings (SSSR count). The lowest BCUT2D eigenvalue weighted by Crippen LogP contribution is -2.17. The molecule has 0 radical (unpaired) electrons. The van der Waals surface area contributed by atoms with E-state index in [-0.39, 0.29) is 0 Å². The Hall–Kier alpha value is -0.160. The molecule has 0 amide bonds. The predicted octanol–water partition coefficient (Wildman–Crippen LogP) is 4.95. The molecule has 1 nitrogen and oxygen atoms in total. The predicted molar refractivity (Wildman–Crippen MR) is 88.5 cm³/mol. The maximum atomic E-state index is 3.55. The Labute approximate surface area is 131 Å². The summed E-state index contributed by atoms with van der Waals surface area (Å²) in [5, 5.41) is 3.49. The second kappa shape index (κ2) is 6.08. The number of nitrogens with one attached hydrogen (secondary N) is 1. The lowest BCUT2D eigenvalue weighted by Gasteiger charge is -2.13. The fraction of sp³-hybridized carbons (Fsp3) is 0.467.